The molecule has 0 rings (SSSR count). The van der Waals surface area contributed by atoms with Crippen molar-refractivity contribution in [2.45, 2.75) is 51.3 Å². The Kier molecular flexibility index (Phi) is 4.72. The molecule has 4 heteroatoms. The molecule has 0 aliphatic heterocycles. The standard InChI is InChI=1S/C8H20OS2Si/c1-7(11-10)9-12(5,6)8(2,3)4/h7,10H,1-6H3. The predicted molar refractivity (Wildman–Crippen MR) is 64.3 cm³/mol. The van der Waals surface area contributed by atoms with E-state index >= 15 is 0 Å². The van der Waals surface area contributed by atoms with E-state index in [1.807, 2.05) is 0 Å². The average molecular weight is 224 g/mol. The van der Waals surface area contributed by atoms with Crippen molar-refractivity contribution in [3.05, 3.63) is 0 Å². The molecule has 0 radical (unpaired) electrons. The molecule has 0 aromatic carbocycles. The van der Waals surface area contributed by atoms with Crippen molar-refractivity contribution in [3.8, 4) is 0 Å². The van der Waals surface area contributed by atoms with Crippen LogP contribution >= 0.6 is 22.5 Å². The molecule has 0 aromatic heterocycles. The van der Waals surface area contributed by atoms with Crippen molar-refractivity contribution < 1.29 is 4.43 Å². The molecule has 1 atom stereocenters. The molecule has 12 heavy (non-hydrogen) atoms. The fourth-order valence-corrected chi connectivity index (χ4v) is 3.08. The van der Waals surface area contributed by atoms with E-state index < -0.39 is 8.32 Å². The highest BCUT2D eigenvalue weighted by Crippen LogP contribution is 2.38. The zero-order valence-electron chi connectivity index (χ0n) is 8.84. The molecule has 0 spiro atoms. The highest BCUT2D eigenvalue weighted by atomic mass is 33.1. The van der Waals surface area contributed by atoms with Gasteiger partial charge in [-0.25, -0.2) is 0 Å². The zero-order chi connectivity index (χ0) is 9.99. The Balaban J connectivity index is 4.22. The van der Waals surface area contributed by atoms with Gasteiger partial charge in [-0.1, -0.05) is 31.6 Å². The summed E-state index contributed by atoms with van der Waals surface area (Å²) in [5, 5.41) is 0.296. The first-order valence-electron chi connectivity index (χ1n) is 4.19. The van der Waals surface area contributed by atoms with E-state index in [0.717, 1.165) is 0 Å². The molecule has 0 bridgehead atoms. The predicted octanol–water partition coefficient (Wildman–Crippen LogP) is 3.93. The minimum Gasteiger partial charge on any atom is -0.405 e. The lowest BCUT2D eigenvalue weighted by Gasteiger charge is -2.37. The fourth-order valence-electron chi connectivity index (χ4n) is 0.613. The second-order valence-electron chi connectivity index (χ2n) is 4.55. The lowest BCUT2D eigenvalue weighted by atomic mass is 10.2. The van der Waals surface area contributed by atoms with Crippen LogP contribution in [0.3, 0.4) is 0 Å². The van der Waals surface area contributed by atoms with E-state index in [1.54, 1.807) is 0 Å². The summed E-state index contributed by atoms with van der Waals surface area (Å²) in [7, 11) is -0.0840. The van der Waals surface area contributed by atoms with Crippen LogP contribution in [0.2, 0.25) is 18.1 Å². The van der Waals surface area contributed by atoms with Crippen LogP contribution in [-0.2, 0) is 4.43 Å². The number of hydrogen-bond acceptors (Lipinski definition) is 3. The average Bonchev–Trinajstić information content (AvgIpc) is 1.84. The minimum atomic E-state index is -1.56. The monoisotopic (exact) mass is 224 g/mol. The second-order valence-corrected chi connectivity index (χ2v) is 10.8. The van der Waals surface area contributed by atoms with E-state index in [0.29, 0.717) is 5.04 Å². The Labute approximate surface area is 86.6 Å². The van der Waals surface area contributed by atoms with Crippen LogP contribution in [0.15, 0.2) is 0 Å². The van der Waals surface area contributed by atoms with Gasteiger partial charge in [-0.2, -0.15) is 0 Å². The van der Waals surface area contributed by atoms with Gasteiger partial charge in [0.1, 0.15) is 0 Å². The molecule has 0 heterocycles. The molecule has 0 aliphatic carbocycles. The molecule has 0 fully saturated rings. The number of thiol groups is 1. The van der Waals surface area contributed by atoms with Gasteiger partial charge in [0.25, 0.3) is 0 Å². The summed E-state index contributed by atoms with van der Waals surface area (Å²) in [6.07, 6.45) is 0. The van der Waals surface area contributed by atoms with Crippen molar-refractivity contribution in [3.63, 3.8) is 0 Å². The second kappa shape index (κ2) is 4.40. The summed E-state index contributed by atoms with van der Waals surface area (Å²) in [6.45, 7) is 13.3. The van der Waals surface area contributed by atoms with Crippen molar-refractivity contribution in [1.82, 2.24) is 0 Å². The SMILES string of the molecule is CC(O[Si](C)(C)C(C)(C)C)SS. The van der Waals surface area contributed by atoms with Gasteiger partial charge in [-0.15, -0.1) is 11.7 Å². The first kappa shape index (κ1) is 12.9. The topological polar surface area (TPSA) is 9.23 Å². The maximum Gasteiger partial charge on any atom is 0.193 e. The van der Waals surface area contributed by atoms with Crippen LogP contribution < -0.4 is 0 Å². The van der Waals surface area contributed by atoms with Crippen LogP contribution in [0, 0.1) is 0 Å². The van der Waals surface area contributed by atoms with Crippen molar-refractivity contribution in [2.24, 2.45) is 0 Å². The zero-order valence-corrected chi connectivity index (χ0v) is 11.6. The van der Waals surface area contributed by atoms with Gasteiger partial charge in [-0.05, 0) is 25.1 Å². The largest absolute Gasteiger partial charge is 0.405 e. The Bertz CT molecular complexity index is 142. The van der Waals surface area contributed by atoms with Gasteiger partial charge >= 0.3 is 0 Å². The molecule has 0 saturated carbocycles. The summed E-state index contributed by atoms with van der Waals surface area (Å²) in [5.41, 5.74) is 0.203. The summed E-state index contributed by atoms with van der Waals surface area (Å²) < 4.78 is 5.98. The molecule has 1 unspecified atom stereocenters. The summed E-state index contributed by atoms with van der Waals surface area (Å²) in [5.74, 6) is 0. The van der Waals surface area contributed by atoms with Crippen molar-refractivity contribution in [2.75, 3.05) is 0 Å². The Morgan fingerprint density at radius 3 is 2.00 bits per heavy atom. The fraction of sp³-hybridized carbons (Fsp3) is 1.00. The molecule has 0 N–H and O–H groups in total. The summed E-state index contributed by atoms with van der Waals surface area (Å²) in [6, 6.07) is 0. The first-order valence-corrected chi connectivity index (χ1v) is 9.03. The lowest BCUT2D eigenvalue weighted by Crippen LogP contribution is -2.42. The molecular weight excluding hydrogens is 204 g/mol. The number of rotatable bonds is 3. The molecule has 1 nitrogen and oxygen atoms in total. The normalized spacial score (nSPS) is 16.2. The van der Waals surface area contributed by atoms with E-state index in [2.05, 4.69) is 52.4 Å². The van der Waals surface area contributed by atoms with Crippen LogP contribution in [0.4, 0.5) is 0 Å². The van der Waals surface area contributed by atoms with E-state index in [9.17, 15) is 0 Å². The molecule has 0 saturated heterocycles. The third-order valence-electron chi connectivity index (χ3n) is 2.42. The molecule has 0 aliphatic rings. The lowest BCUT2D eigenvalue weighted by molar-refractivity contribution is 0.279. The Morgan fingerprint density at radius 2 is 1.75 bits per heavy atom. The van der Waals surface area contributed by atoms with Gasteiger partial charge in [-0.3, -0.25) is 0 Å². The van der Waals surface area contributed by atoms with E-state index in [-0.39, 0.29) is 5.44 Å². The molecular formula is C8H20OS2Si. The number of hydrogen-bond donors (Lipinski definition) is 1. The summed E-state index contributed by atoms with van der Waals surface area (Å²) >= 11 is 4.14. The molecule has 0 amide bonds. The first-order chi connectivity index (χ1) is 5.20. The van der Waals surface area contributed by atoms with Crippen LogP contribution in [0.1, 0.15) is 27.7 Å². The minimum absolute atomic E-state index is 0.203. The Hall–Kier alpha value is 0.877. The van der Waals surface area contributed by atoms with Crippen LogP contribution in [-0.4, -0.2) is 13.8 Å². The van der Waals surface area contributed by atoms with Crippen molar-refractivity contribution >= 4 is 30.8 Å². The summed E-state index contributed by atoms with van der Waals surface area (Å²) in [4.78, 5) is 0. The molecule has 0 aromatic rings. The van der Waals surface area contributed by atoms with Crippen LogP contribution in [0.25, 0.3) is 0 Å². The maximum atomic E-state index is 5.98. The van der Waals surface area contributed by atoms with Gasteiger partial charge in [0, 0.05) is 0 Å². The maximum absolute atomic E-state index is 5.98. The van der Waals surface area contributed by atoms with Gasteiger partial charge in [0.2, 0.25) is 0 Å². The van der Waals surface area contributed by atoms with Gasteiger partial charge < -0.3 is 4.43 Å². The van der Waals surface area contributed by atoms with Crippen molar-refractivity contribution in [1.29, 1.82) is 0 Å². The Morgan fingerprint density at radius 1 is 1.33 bits per heavy atom. The highest BCUT2D eigenvalue weighted by molar-refractivity contribution is 8.68. The van der Waals surface area contributed by atoms with Gasteiger partial charge in [0.05, 0.1) is 5.44 Å². The van der Waals surface area contributed by atoms with E-state index in [4.69, 9.17) is 4.43 Å². The molecule has 74 valence electrons. The van der Waals surface area contributed by atoms with Gasteiger partial charge in [0.15, 0.2) is 8.32 Å². The quantitative estimate of drug-likeness (QED) is 0.337. The third kappa shape index (κ3) is 3.73. The van der Waals surface area contributed by atoms with Crippen LogP contribution in [0.5, 0.6) is 0 Å². The van der Waals surface area contributed by atoms with E-state index in [1.165, 1.54) is 10.8 Å². The third-order valence-corrected chi connectivity index (χ3v) is 8.42. The highest BCUT2D eigenvalue weighted by Gasteiger charge is 2.38. The smallest absolute Gasteiger partial charge is 0.193 e.